The smallest absolute Gasteiger partial charge is 0.236 e. The lowest BCUT2D eigenvalue weighted by Crippen LogP contribution is -2.54. The summed E-state index contributed by atoms with van der Waals surface area (Å²) in [6.07, 6.45) is 1.11. The van der Waals surface area contributed by atoms with Gasteiger partial charge in [0.15, 0.2) is 15.7 Å². The zero-order chi connectivity index (χ0) is 13.6. The van der Waals surface area contributed by atoms with Gasteiger partial charge in [0.25, 0.3) is 0 Å². The highest BCUT2D eigenvalue weighted by atomic mass is 32.2. The van der Waals surface area contributed by atoms with Crippen LogP contribution in [0.5, 0.6) is 0 Å². The minimum atomic E-state index is -3.05. The predicted molar refractivity (Wildman–Crippen MR) is 64.9 cm³/mol. The van der Waals surface area contributed by atoms with Crippen LogP contribution in [0.4, 0.5) is 0 Å². The van der Waals surface area contributed by atoms with Crippen LogP contribution in [-0.4, -0.2) is 54.4 Å². The molecule has 2 rings (SSSR count). The Balaban J connectivity index is 2.16. The summed E-state index contributed by atoms with van der Waals surface area (Å²) in [7, 11) is -3.05. The Labute approximate surface area is 106 Å². The number of nitrogens with zero attached hydrogens (tertiary/aromatic N) is 2. The molecule has 1 saturated carbocycles. The van der Waals surface area contributed by atoms with Crippen molar-refractivity contribution in [3.05, 3.63) is 0 Å². The predicted octanol–water partition coefficient (Wildman–Crippen LogP) is -0.841. The maximum Gasteiger partial charge on any atom is 0.236 e. The van der Waals surface area contributed by atoms with Crippen LogP contribution in [-0.2, 0) is 14.6 Å². The van der Waals surface area contributed by atoms with Gasteiger partial charge in [-0.15, -0.1) is 0 Å². The van der Waals surface area contributed by atoms with Gasteiger partial charge in [0, 0.05) is 12.6 Å². The number of carbonyl (C=O) groups is 1. The van der Waals surface area contributed by atoms with E-state index in [-0.39, 0.29) is 35.8 Å². The van der Waals surface area contributed by atoms with Crippen molar-refractivity contribution in [3.63, 3.8) is 0 Å². The van der Waals surface area contributed by atoms with Crippen LogP contribution >= 0.6 is 0 Å². The Kier molecular flexibility index (Phi) is 3.00. The Morgan fingerprint density at radius 1 is 1.50 bits per heavy atom. The van der Waals surface area contributed by atoms with Crippen LogP contribution in [0, 0.1) is 5.41 Å². The molecule has 102 valence electrons. The zero-order valence-corrected chi connectivity index (χ0v) is 11.0. The van der Waals surface area contributed by atoms with Crippen LogP contribution < -0.4 is 5.73 Å². The highest BCUT2D eigenvalue weighted by Gasteiger charge is 2.56. The minimum Gasteiger partial charge on any atom is -0.409 e. The van der Waals surface area contributed by atoms with E-state index in [4.69, 9.17) is 10.9 Å². The molecule has 1 aliphatic carbocycles. The fraction of sp³-hybridized carbons (Fsp3) is 0.800. The Hall–Kier alpha value is -1.31. The summed E-state index contributed by atoms with van der Waals surface area (Å²) in [5.74, 6) is -0.339. The first kappa shape index (κ1) is 13.1. The number of rotatable bonds is 2. The molecular weight excluding hydrogens is 258 g/mol. The molecule has 3 N–H and O–H groups in total. The molecule has 0 bridgehead atoms. The summed E-state index contributed by atoms with van der Waals surface area (Å²) in [5, 5.41) is 11.6. The summed E-state index contributed by atoms with van der Waals surface area (Å²) < 4.78 is 22.9. The molecule has 1 aliphatic heterocycles. The van der Waals surface area contributed by atoms with E-state index in [0.717, 1.165) is 0 Å². The highest BCUT2D eigenvalue weighted by molar-refractivity contribution is 7.91. The van der Waals surface area contributed by atoms with Crippen molar-refractivity contribution >= 4 is 21.6 Å². The Morgan fingerprint density at radius 2 is 2.11 bits per heavy atom. The standard InChI is InChI=1S/C10H17N3O4S/c1-7-6-18(16,17)5-4-13(7)9(14)10(2-3-10)8(11)12-15/h7,15H,2-6H2,1H3,(H2,11,12). The summed E-state index contributed by atoms with van der Waals surface area (Å²) in [6, 6.07) is -0.361. The maximum atomic E-state index is 12.4. The van der Waals surface area contributed by atoms with Crippen molar-refractivity contribution in [2.75, 3.05) is 18.1 Å². The second-order valence-corrected chi connectivity index (χ2v) is 7.26. The van der Waals surface area contributed by atoms with E-state index < -0.39 is 15.3 Å². The highest BCUT2D eigenvalue weighted by Crippen LogP contribution is 2.48. The molecule has 8 heteroatoms. The average Bonchev–Trinajstić information content (AvgIpc) is 3.07. The van der Waals surface area contributed by atoms with E-state index in [0.29, 0.717) is 12.8 Å². The second-order valence-electron chi connectivity index (χ2n) is 5.03. The van der Waals surface area contributed by atoms with Crippen LogP contribution in [0.15, 0.2) is 5.16 Å². The van der Waals surface area contributed by atoms with Gasteiger partial charge in [-0.2, -0.15) is 0 Å². The zero-order valence-electron chi connectivity index (χ0n) is 10.2. The lowest BCUT2D eigenvalue weighted by atomic mass is 10.0. The van der Waals surface area contributed by atoms with Crippen molar-refractivity contribution in [2.45, 2.75) is 25.8 Å². The molecule has 0 aromatic carbocycles. The largest absolute Gasteiger partial charge is 0.409 e. The van der Waals surface area contributed by atoms with E-state index >= 15 is 0 Å². The van der Waals surface area contributed by atoms with Gasteiger partial charge < -0.3 is 15.8 Å². The quantitative estimate of drug-likeness (QED) is 0.295. The average molecular weight is 275 g/mol. The van der Waals surface area contributed by atoms with Crippen LogP contribution in [0.25, 0.3) is 0 Å². The first-order chi connectivity index (χ1) is 8.32. The van der Waals surface area contributed by atoms with Gasteiger partial charge in [-0.1, -0.05) is 5.16 Å². The summed E-state index contributed by atoms with van der Waals surface area (Å²) in [4.78, 5) is 13.9. The fourth-order valence-corrected chi connectivity index (χ4v) is 3.93. The van der Waals surface area contributed by atoms with Crippen LogP contribution in [0.3, 0.4) is 0 Å². The van der Waals surface area contributed by atoms with Gasteiger partial charge in [-0.3, -0.25) is 4.79 Å². The minimum absolute atomic E-state index is 0.0185. The third-order valence-corrected chi connectivity index (χ3v) is 5.48. The summed E-state index contributed by atoms with van der Waals surface area (Å²) >= 11 is 0. The molecule has 18 heavy (non-hydrogen) atoms. The Bertz CT molecular complexity index is 495. The number of nitrogens with two attached hydrogens (primary N) is 1. The molecule has 1 unspecified atom stereocenters. The summed E-state index contributed by atoms with van der Waals surface area (Å²) in [6.45, 7) is 1.89. The first-order valence-corrected chi connectivity index (χ1v) is 7.64. The van der Waals surface area contributed by atoms with E-state index in [2.05, 4.69) is 5.16 Å². The van der Waals surface area contributed by atoms with Crippen LogP contribution in [0.2, 0.25) is 0 Å². The first-order valence-electron chi connectivity index (χ1n) is 5.82. The number of hydrogen-bond acceptors (Lipinski definition) is 5. The second kappa shape index (κ2) is 4.11. The van der Waals surface area contributed by atoms with Gasteiger partial charge in [0.2, 0.25) is 5.91 Å². The molecule has 0 radical (unpaired) electrons. The van der Waals surface area contributed by atoms with Crippen molar-refractivity contribution in [2.24, 2.45) is 16.3 Å². The van der Waals surface area contributed by atoms with E-state index in [1.807, 2.05) is 0 Å². The monoisotopic (exact) mass is 275 g/mol. The number of sulfone groups is 1. The normalized spacial score (nSPS) is 29.9. The molecule has 0 spiro atoms. The lowest BCUT2D eigenvalue weighted by molar-refractivity contribution is -0.136. The third-order valence-electron chi connectivity index (χ3n) is 3.69. The Morgan fingerprint density at radius 3 is 2.56 bits per heavy atom. The number of amides is 1. The van der Waals surface area contributed by atoms with Crippen molar-refractivity contribution in [3.8, 4) is 0 Å². The molecule has 1 atom stereocenters. The number of hydrogen-bond donors (Lipinski definition) is 2. The summed E-state index contributed by atoms with van der Waals surface area (Å²) in [5.41, 5.74) is 4.66. The van der Waals surface area contributed by atoms with Gasteiger partial charge in [0.1, 0.15) is 5.41 Å². The molecule has 0 aromatic heterocycles. The van der Waals surface area contributed by atoms with Gasteiger partial charge in [-0.25, -0.2) is 8.42 Å². The maximum absolute atomic E-state index is 12.4. The van der Waals surface area contributed by atoms with Gasteiger partial charge in [0.05, 0.1) is 11.5 Å². The number of amidine groups is 1. The third kappa shape index (κ3) is 2.05. The van der Waals surface area contributed by atoms with Gasteiger partial charge in [-0.05, 0) is 19.8 Å². The van der Waals surface area contributed by atoms with Gasteiger partial charge >= 0.3 is 0 Å². The molecule has 2 fully saturated rings. The van der Waals surface area contributed by atoms with Crippen LogP contribution in [0.1, 0.15) is 19.8 Å². The molecule has 2 aliphatic rings. The number of oxime groups is 1. The van der Waals surface area contributed by atoms with E-state index in [9.17, 15) is 13.2 Å². The topological polar surface area (TPSA) is 113 Å². The van der Waals surface area contributed by atoms with Crippen molar-refractivity contribution < 1.29 is 18.4 Å². The fourth-order valence-electron chi connectivity index (χ4n) is 2.38. The van der Waals surface area contributed by atoms with E-state index in [1.54, 1.807) is 6.92 Å². The molecule has 1 heterocycles. The molecule has 1 saturated heterocycles. The molecule has 1 amide bonds. The number of carbonyl (C=O) groups excluding carboxylic acids is 1. The molecular formula is C10H17N3O4S. The lowest BCUT2D eigenvalue weighted by Gasteiger charge is -2.35. The van der Waals surface area contributed by atoms with E-state index in [1.165, 1.54) is 4.90 Å². The van der Waals surface area contributed by atoms with Crippen molar-refractivity contribution in [1.82, 2.24) is 4.90 Å². The molecule has 7 nitrogen and oxygen atoms in total. The molecule has 0 aromatic rings. The van der Waals surface area contributed by atoms with Crippen molar-refractivity contribution in [1.29, 1.82) is 0 Å². The SMILES string of the molecule is CC1CS(=O)(=O)CCN1C(=O)C1(C(N)=NO)CC1.